The lowest BCUT2D eigenvalue weighted by atomic mass is 10.3. The number of benzene rings is 1. The van der Waals surface area contributed by atoms with E-state index in [2.05, 4.69) is 10.6 Å². The van der Waals surface area contributed by atoms with Crippen molar-refractivity contribution < 1.29 is 14.3 Å². The minimum Gasteiger partial charge on any atom is -0.506 e. The molecule has 0 atom stereocenters. The second kappa shape index (κ2) is 5.55. The number of phenolic OH excluding ortho intramolecular Hbond substituents is 1. The predicted molar refractivity (Wildman–Crippen MR) is 60.4 cm³/mol. The van der Waals surface area contributed by atoms with E-state index >= 15 is 0 Å². The second-order valence-electron chi connectivity index (χ2n) is 3.16. The monoisotopic (exact) mass is 246 g/mol. The summed E-state index contributed by atoms with van der Waals surface area (Å²) in [6, 6.07) is 1.48. The van der Waals surface area contributed by atoms with Gasteiger partial charge in [0, 0.05) is 12.6 Å². The first-order valence-electron chi connectivity index (χ1n) is 4.77. The number of rotatable bonds is 3. The van der Waals surface area contributed by atoms with Crippen molar-refractivity contribution in [2.45, 2.75) is 13.3 Å². The summed E-state index contributed by atoms with van der Waals surface area (Å²) in [5.41, 5.74) is -0.0728. The van der Waals surface area contributed by atoms with Crippen LogP contribution in [0.15, 0.2) is 12.1 Å². The third-order valence-corrected chi connectivity index (χ3v) is 2.12. The molecular weight excluding hydrogens is 235 g/mol. The van der Waals surface area contributed by atoms with Crippen molar-refractivity contribution >= 4 is 23.3 Å². The van der Waals surface area contributed by atoms with Crippen LogP contribution in [0.25, 0.3) is 0 Å². The summed E-state index contributed by atoms with van der Waals surface area (Å²) in [5, 5.41) is 13.9. The zero-order chi connectivity index (χ0) is 12.1. The summed E-state index contributed by atoms with van der Waals surface area (Å²) in [7, 11) is 0. The predicted octanol–water partition coefficient (Wildman–Crippen LogP) is 2.72. The standard InChI is InChI=1S/C10H12ClFN2O2/c1-2-3-13-10(16)14-8-4-6(11)9(15)5-7(8)12/h4-5,15H,2-3H2,1H3,(H2,13,14,16). The normalized spacial score (nSPS) is 9.94. The van der Waals surface area contributed by atoms with Crippen LogP contribution in [-0.4, -0.2) is 17.7 Å². The molecule has 2 amide bonds. The van der Waals surface area contributed by atoms with Gasteiger partial charge in [0.15, 0.2) is 5.82 Å². The van der Waals surface area contributed by atoms with Crippen molar-refractivity contribution in [2.24, 2.45) is 0 Å². The van der Waals surface area contributed by atoms with Gasteiger partial charge in [-0.1, -0.05) is 18.5 Å². The molecule has 0 aliphatic heterocycles. The molecule has 0 aromatic heterocycles. The molecule has 0 aliphatic carbocycles. The first kappa shape index (κ1) is 12.6. The van der Waals surface area contributed by atoms with Gasteiger partial charge in [0.25, 0.3) is 0 Å². The summed E-state index contributed by atoms with van der Waals surface area (Å²) in [5.74, 6) is -1.10. The van der Waals surface area contributed by atoms with E-state index in [1.165, 1.54) is 0 Å². The zero-order valence-electron chi connectivity index (χ0n) is 8.68. The first-order chi connectivity index (χ1) is 7.54. The highest BCUT2D eigenvalue weighted by molar-refractivity contribution is 6.32. The zero-order valence-corrected chi connectivity index (χ0v) is 9.44. The molecule has 1 rings (SSSR count). The fourth-order valence-electron chi connectivity index (χ4n) is 1.04. The van der Waals surface area contributed by atoms with Crippen LogP contribution in [0, 0.1) is 5.82 Å². The Balaban J connectivity index is 2.73. The maximum Gasteiger partial charge on any atom is 0.319 e. The van der Waals surface area contributed by atoms with Gasteiger partial charge < -0.3 is 15.7 Å². The van der Waals surface area contributed by atoms with Gasteiger partial charge in [-0.3, -0.25) is 0 Å². The number of hydrogen-bond donors (Lipinski definition) is 3. The fraction of sp³-hybridized carbons (Fsp3) is 0.300. The summed E-state index contributed by atoms with van der Waals surface area (Å²) in [6.07, 6.45) is 0.784. The average molecular weight is 247 g/mol. The molecule has 0 radical (unpaired) electrons. The van der Waals surface area contributed by atoms with E-state index in [1.54, 1.807) is 0 Å². The lowest BCUT2D eigenvalue weighted by Gasteiger charge is -2.08. The van der Waals surface area contributed by atoms with Gasteiger partial charge in [-0.25, -0.2) is 9.18 Å². The van der Waals surface area contributed by atoms with Crippen LogP contribution in [0.5, 0.6) is 5.75 Å². The van der Waals surface area contributed by atoms with E-state index in [0.29, 0.717) is 6.54 Å². The Labute approximate surface area is 97.4 Å². The highest BCUT2D eigenvalue weighted by atomic mass is 35.5. The molecular formula is C10H12ClFN2O2. The van der Waals surface area contributed by atoms with Crippen LogP contribution in [0.4, 0.5) is 14.9 Å². The van der Waals surface area contributed by atoms with Gasteiger partial charge in [-0.05, 0) is 12.5 Å². The molecule has 1 aromatic carbocycles. The Morgan fingerprint density at radius 1 is 1.56 bits per heavy atom. The van der Waals surface area contributed by atoms with E-state index in [1.807, 2.05) is 6.92 Å². The summed E-state index contributed by atoms with van der Waals surface area (Å²) in [6.45, 7) is 2.40. The van der Waals surface area contributed by atoms with Crippen LogP contribution in [0.2, 0.25) is 5.02 Å². The van der Waals surface area contributed by atoms with Gasteiger partial charge in [-0.15, -0.1) is 0 Å². The molecule has 88 valence electrons. The van der Waals surface area contributed by atoms with Crippen molar-refractivity contribution in [3.8, 4) is 5.75 Å². The van der Waals surface area contributed by atoms with Crippen molar-refractivity contribution in [3.63, 3.8) is 0 Å². The highest BCUT2D eigenvalue weighted by Crippen LogP contribution is 2.28. The van der Waals surface area contributed by atoms with Gasteiger partial charge in [0.05, 0.1) is 10.7 Å². The molecule has 16 heavy (non-hydrogen) atoms. The Hall–Kier alpha value is -1.49. The number of carbonyl (C=O) groups is 1. The van der Waals surface area contributed by atoms with Crippen LogP contribution in [0.3, 0.4) is 0 Å². The molecule has 3 N–H and O–H groups in total. The molecule has 6 heteroatoms. The molecule has 0 heterocycles. The molecule has 4 nitrogen and oxygen atoms in total. The van der Waals surface area contributed by atoms with Gasteiger partial charge in [0.2, 0.25) is 0 Å². The van der Waals surface area contributed by atoms with Crippen molar-refractivity contribution in [3.05, 3.63) is 23.0 Å². The van der Waals surface area contributed by atoms with Gasteiger partial charge in [0.1, 0.15) is 5.75 Å². The van der Waals surface area contributed by atoms with Crippen LogP contribution in [0.1, 0.15) is 13.3 Å². The number of nitrogens with one attached hydrogen (secondary N) is 2. The fourth-order valence-corrected chi connectivity index (χ4v) is 1.20. The number of amides is 2. The quantitative estimate of drug-likeness (QED) is 0.718. The smallest absolute Gasteiger partial charge is 0.319 e. The van der Waals surface area contributed by atoms with E-state index in [4.69, 9.17) is 16.7 Å². The highest BCUT2D eigenvalue weighted by Gasteiger charge is 2.10. The lowest BCUT2D eigenvalue weighted by molar-refractivity contribution is 0.252. The van der Waals surface area contributed by atoms with Gasteiger partial charge in [-0.2, -0.15) is 0 Å². The number of anilines is 1. The minimum atomic E-state index is -0.742. The summed E-state index contributed by atoms with van der Waals surface area (Å²) < 4.78 is 13.3. The number of halogens is 2. The molecule has 0 saturated heterocycles. The molecule has 1 aromatic rings. The Morgan fingerprint density at radius 2 is 2.25 bits per heavy atom. The van der Waals surface area contributed by atoms with E-state index in [-0.39, 0.29) is 16.5 Å². The van der Waals surface area contributed by atoms with Crippen LogP contribution in [-0.2, 0) is 0 Å². The maximum atomic E-state index is 13.3. The van der Waals surface area contributed by atoms with Crippen molar-refractivity contribution in [1.82, 2.24) is 5.32 Å². The first-order valence-corrected chi connectivity index (χ1v) is 5.15. The van der Waals surface area contributed by atoms with Crippen LogP contribution < -0.4 is 10.6 Å². The third kappa shape index (κ3) is 3.27. The molecule has 0 bridgehead atoms. The maximum absolute atomic E-state index is 13.3. The third-order valence-electron chi connectivity index (χ3n) is 1.82. The van der Waals surface area contributed by atoms with Crippen molar-refractivity contribution in [1.29, 1.82) is 0 Å². The Morgan fingerprint density at radius 3 is 2.88 bits per heavy atom. The molecule has 0 unspecified atom stereocenters. The van der Waals surface area contributed by atoms with E-state index in [0.717, 1.165) is 18.6 Å². The molecule has 0 spiro atoms. The Kier molecular flexibility index (Phi) is 4.37. The summed E-state index contributed by atoms with van der Waals surface area (Å²) >= 11 is 5.59. The average Bonchev–Trinajstić information content (AvgIpc) is 2.23. The molecule has 0 saturated carbocycles. The van der Waals surface area contributed by atoms with Crippen molar-refractivity contribution in [2.75, 3.05) is 11.9 Å². The number of carbonyl (C=O) groups excluding carboxylic acids is 1. The minimum absolute atomic E-state index is 0.0211. The lowest BCUT2D eigenvalue weighted by Crippen LogP contribution is -2.29. The van der Waals surface area contributed by atoms with E-state index in [9.17, 15) is 9.18 Å². The SMILES string of the molecule is CCCNC(=O)Nc1cc(Cl)c(O)cc1F. The van der Waals surface area contributed by atoms with Crippen LogP contribution >= 0.6 is 11.6 Å². The van der Waals surface area contributed by atoms with Gasteiger partial charge >= 0.3 is 6.03 Å². The Bertz CT molecular complexity index is 399. The number of phenols is 1. The topological polar surface area (TPSA) is 61.4 Å². The summed E-state index contributed by atoms with van der Waals surface area (Å²) in [4.78, 5) is 11.2. The second-order valence-corrected chi connectivity index (χ2v) is 3.57. The molecule has 0 aliphatic rings. The number of urea groups is 1. The molecule has 0 fully saturated rings. The largest absolute Gasteiger partial charge is 0.506 e. The van der Waals surface area contributed by atoms with E-state index < -0.39 is 11.8 Å². The number of hydrogen-bond acceptors (Lipinski definition) is 2. The number of aromatic hydroxyl groups is 1.